The van der Waals surface area contributed by atoms with Crippen LogP contribution in [0.1, 0.15) is 47.4 Å². The number of carbonyl (C=O) groups excluding carboxylic acids is 2. The molecule has 0 aliphatic carbocycles. The van der Waals surface area contributed by atoms with Crippen molar-refractivity contribution in [2.75, 3.05) is 13.7 Å². The molecule has 196 valence electrons. The fourth-order valence-electron chi connectivity index (χ4n) is 3.84. The number of nitrogens with one attached hydrogen (secondary N) is 3. The molecule has 0 unspecified atom stereocenters. The van der Waals surface area contributed by atoms with Gasteiger partial charge < -0.3 is 10.1 Å². The molecule has 0 bridgehead atoms. The summed E-state index contributed by atoms with van der Waals surface area (Å²) in [5.74, 6) is -0.123. The number of ether oxygens (including phenoxy) is 1. The minimum Gasteiger partial charge on any atom is -0.493 e. The van der Waals surface area contributed by atoms with E-state index in [1.165, 1.54) is 11.8 Å². The molecular formula is C28H29N5O4S. The van der Waals surface area contributed by atoms with Crippen LogP contribution in [-0.2, 0) is 4.79 Å². The number of carbonyl (C=O) groups is 2. The summed E-state index contributed by atoms with van der Waals surface area (Å²) in [4.78, 5) is 29.9. The van der Waals surface area contributed by atoms with E-state index >= 15 is 0 Å². The van der Waals surface area contributed by atoms with E-state index in [2.05, 4.69) is 20.5 Å². The topological polar surface area (TPSA) is 129 Å². The molecule has 0 aliphatic heterocycles. The molecule has 2 heterocycles. The van der Waals surface area contributed by atoms with Crippen LogP contribution in [0.15, 0.2) is 70.6 Å². The Hall–Kier alpha value is -4.15. The van der Waals surface area contributed by atoms with Crippen LogP contribution in [0.25, 0.3) is 23.1 Å². The maximum Gasteiger partial charge on any atom is 0.255 e. The van der Waals surface area contributed by atoms with Crippen LogP contribution < -0.4 is 15.5 Å². The molecule has 0 fully saturated rings. The standard InChI is InChI=1S/C28H29N5O4S/c1-29-28(35)27-24(37-17-6-2-3-11-26(34)33-36)9-7-10-25(27)38-20-13-14-21-22(31-32-23(21)18-20)15-12-19-8-4-5-16-30-19/h4-5,7-10,12-16,18,36H,2-3,6,11,17H2,1H3,(H,29,35)(H,31,32)(H,33,34)/b15-12+. The third kappa shape index (κ3) is 6.99. The van der Waals surface area contributed by atoms with Gasteiger partial charge in [0.2, 0.25) is 5.91 Å². The Labute approximate surface area is 224 Å². The average Bonchev–Trinajstić information content (AvgIpc) is 3.36. The largest absolute Gasteiger partial charge is 0.493 e. The van der Waals surface area contributed by atoms with Crippen molar-refractivity contribution in [2.24, 2.45) is 0 Å². The van der Waals surface area contributed by atoms with E-state index in [-0.39, 0.29) is 12.3 Å². The van der Waals surface area contributed by atoms with Crippen LogP contribution in [0.4, 0.5) is 0 Å². The minimum absolute atomic E-state index is 0.229. The molecule has 9 nitrogen and oxygen atoms in total. The van der Waals surface area contributed by atoms with Gasteiger partial charge in [0, 0.05) is 34.8 Å². The number of aromatic nitrogens is 3. The second kappa shape index (κ2) is 13.4. The van der Waals surface area contributed by atoms with Gasteiger partial charge in [-0.3, -0.25) is 24.9 Å². The van der Waals surface area contributed by atoms with Gasteiger partial charge in [0.1, 0.15) is 5.75 Å². The van der Waals surface area contributed by atoms with Gasteiger partial charge in [0.15, 0.2) is 0 Å². The molecule has 2 aromatic carbocycles. The van der Waals surface area contributed by atoms with Crippen molar-refractivity contribution in [3.63, 3.8) is 0 Å². The second-order valence-electron chi connectivity index (χ2n) is 8.41. The predicted octanol–water partition coefficient (Wildman–Crippen LogP) is 5.08. The smallest absolute Gasteiger partial charge is 0.255 e. The summed E-state index contributed by atoms with van der Waals surface area (Å²) in [5.41, 5.74) is 4.67. The molecule has 0 atom stereocenters. The number of hydrogen-bond donors (Lipinski definition) is 4. The quantitative estimate of drug-likeness (QED) is 0.114. The number of fused-ring (bicyclic) bond motifs is 1. The number of hydroxylamine groups is 1. The molecule has 0 saturated carbocycles. The monoisotopic (exact) mass is 531 g/mol. The van der Waals surface area contributed by atoms with E-state index in [1.807, 2.05) is 60.7 Å². The van der Waals surface area contributed by atoms with Crippen LogP contribution >= 0.6 is 11.8 Å². The highest BCUT2D eigenvalue weighted by Gasteiger charge is 2.18. The summed E-state index contributed by atoms with van der Waals surface area (Å²) in [6.45, 7) is 0.410. The molecule has 4 rings (SSSR count). The first-order chi connectivity index (χ1) is 18.6. The first-order valence-electron chi connectivity index (χ1n) is 12.2. The normalized spacial score (nSPS) is 11.1. The Morgan fingerprint density at radius 3 is 2.76 bits per heavy atom. The third-order valence-corrected chi connectivity index (χ3v) is 6.81. The van der Waals surface area contributed by atoms with Crippen molar-refractivity contribution in [3.05, 3.63) is 77.7 Å². The number of H-pyrrole nitrogens is 1. The number of pyridine rings is 1. The van der Waals surface area contributed by atoms with Crippen molar-refractivity contribution < 1.29 is 19.5 Å². The summed E-state index contributed by atoms with van der Waals surface area (Å²) in [7, 11) is 1.59. The molecule has 2 amide bonds. The summed E-state index contributed by atoms with van der Waals surface area (Å²) in [6.07, 6.45) is 7.99. The van der Waals surface area contributed by atoms with Crippen molar-refractivity contribution >= 4 is 46.6 Å². The summed E-state index contributed by atoms with van der Waals surface area (Å²) < 4.78 is 5.96. The van der Waals surface area contributed by atoms with Gasteiger partial charge >= 0.3 is 0 Å². The minimum atomic E-state index is -0.400. The molecule has 0 spiro atoms. The van der Waals surface area contributed by atoms with Crippen molar-refractivity contribution in [1.29, 1.82) is 0 Å². The van der Waals surface area contributed by atoms with Crippen molar-refractivity contribution in [3.8, 4) is 5.75 Å². The molecule has 0 radical (unpaired) electrons. The van der Waals surface area contributed by atoms with Crippen LogP contribution in [0.5, 0.6) is 5.75 Å². The lowest BCUT2D eigenvalue weighted by Gasteiger charge is -2.14. The first-order valence-corrected chi connectivity index (χ1v) is 13.1. The highest BCUT2D eigenvalue weighted by Crippen LogP contribution is 2.36. The van der Waals surface area contributed by atoms with E-state index in [4.69, 9.17) is 9.94 Å². The Balaban J connectivity index is 1.47. The summed E-state index contributed by atoms with van der Waals surface area (Å²) in [5, 5.41) is 19.8. The van der Waals surface area contributed by atoms with Gasteiger partial charge in [0.25, 0.3) is 5.91 Å². The number of benzene rings is 2. The van der Waals surface area contributed by atoms with Crippen molar-refractivity contribution in [2.45, 2.75) is 35.5 Å². The Bertz CT molecular complexity index is 1420. The first kappa shape index (κ1) is 26.9. The lowest BCUT2D eigenvalue weighted by Crippen LogP contribution is -2.20. The lowest BCUT2D eigenvalue weighted by atomic mass is 10.1. The van der Waals surface area contributed by atoms with Crippen molar-refractivity contribution in [1.82, 2.24) is 26.0 Å². The fraction of sp³-hybridized carbons (Fsp3) is 0.214. The van der Waals surface area contributed by atoms with E-state index in [0.29, 0.717) is 24.3 Å². The Morgan fingerprint density at radius 2 is 1.97 bits per heavy atom. The number of aromatic amines is 1. The van der Waals surface area contributed by atoms with Gasteiger partial charge in [0.05, 0.1) is 29.1 Å². The summed E-state index contributed by atoms with van der Waals surface area (Å²) in [6, 6.07) is 17.3. The zero-order valence-electron chi connectivity index (χ0n) is 20.9. The third-order valence-electron chi connectivity index (χ3n) is 5.76. The number of hydrogen-bond acceptors (Lipinski definition) is 7. The van der Waals surface area contributed by atoms with Crippen LogP contribution in [0.2, 0.25) is 0 Å². The van der Waals surface area contributed by atoms with Crippen LogP contribution in [0.3, 0.4) is 0 Å². The molecule has 4 aromatic rings. The predicted molar refractivity (Wildman–Crippen MR) is 147 cm³/mol. The number of unbranched alkanes of at least 4 members (excludes halogenated alkanes) is 2. The maximum atomic E-state index is 12.8. The Morgan fingerprint density at radius 1 is 1.08 bits per heavy atom. The lowest BCUT2D eigenvalue weighted by molar-refractivity contribution is -0.129. The van der Waals surface area contributed by atoms with Crippen LogP contribution in [-0.4, -0.2) is 45.9 Å². The van der Waals surface area contributed by atoms with E-state index in [0.717, 1.165) is 44.9 Å². The number of rotatable bonds is 12. The van der Waals surface area contributed by atoms with E-state index in [1.54, 1.807) is 24.8 Å². The molecule has 4 N–H and O–H groups in total. The molecule has 38 heavy (non-hydrogen) atoms. The van der Waals surface area contributed by atoms with Gasteiger partial charge in [-0.1, -0.05) is 23.9 Å². The number of nitrogens with zero attached hydrogens (tertiary/aromatic N) is 2. The van der Waals surface area contributed by atoms with Gasteiger partial charge in [-0.05, 0) is 73.9 Å². The molecule has 0 saturated heterocycles. The van der Waals surface area contributed by atoms with Gasteiger partial charge in [-0.25, -0.2) is 5.48 Å². The summed E-state index contributed by atoms with van der Waals surface area (Å²) >= 11 is 1.47. The highest BCUT2D eigenvalue weighted by molar-refractivity contribution is 7.99. The number of amides is 2. The Kier molecular flexibility index (Phi) is 9.49. The highest BCUT2D eigenvalue weighted by atomic mass is 32.2. The molecule has 10 heteroatoms. The molecule has 2 aromatic heterocycles. The zero-order valence-corrected chi connectivity index (χ0v) is 21.8. The average molecular weight is 532 g/mol. The molecule has 0 aliphatic rings. The van der Waals surface area contributed by atoms with Crippen LogP contribution in [0, 0.1) is 0 Å². The molecular weight excluding hydrogens is 502 g/mol. The SMILES string of the molecule is CNC(=O)c1c(OCCCCCC(=O)NO)cccc1Sc1ccc2c(/C=C/c3ccccn3)n[nH]c2c1. The van der Waals surface area contributed by atoms with E-state index < -0.39 is 5.91 Å². The maximum absolute atomic E-state index is 12.8. The fourth-order valence-corrected chi connectivity index (χ4v) is 4.85. The second-order valence-corrected chi connectivity index (χ2v) is 9.52. The van der Waals surface area contributed by atoms with Gasteiger partial charge in [-0.15, -0.1) is 0 Å². The van der Waals surface area contributed by atoms with Gasteiger partial charge in [-0.2, -0.15) is 5.10 Å². The van der Waals surface area contributed by atoms with E-state index in [9.17, 15) is 9.59 Å². The zero-order chi connectivity index (χ0) is 26.7.